The smallest absolute Gasteiger partial charge is 0.257 e. The molecule has 2 aromatic heterocycles. The summed E-state index contributed by atoms with van der Waals surface area (Å²) in [4.78, 5) is 17.1. The van der Waals surface area contributed by atoms with E-state index in [2.05, 4.69) is 24.4 Å². The molecule has 1 amide bonds. The Morgan fingerprint density at radius 3 is 2.62 bits per heavy atom. The molecule has 0 saturated heterocycles. The molecule has 0 aliphatic rings. The molecule has 0 aliphatic carbocycles. The van der Waals surface area contributed by atoms with Crippen molar-refractivity contribution in [2.45, 2.75) is 0 Å². The zero-order valence-corrected chi connectivity index (χ0v) is 18.3. The molecule has 2 heterocycles. The summed E-state index contributed by atoms with van der Waals surface area (Å²) in [5.41, 5.74) is 4.69. The molecule has 10 heteroatoms. The number of amides is 1. The highest BCUT2D eigenvalue weighted by molar-refractivity contribution is 7.80. The van der Waals surface area contributed by atoms with Gasteiger partial charge in [0.1, 0.15) is 22.3 Å². The maximum absolute atomic E-state index is 12.5. The minimum Gasteiger partial charge on any atom is -0.497 e. The van der Waals surface area contributed by atoms with E-state index < -0.39 is 0 Å². The van der Waals surface area contributed by atoms with Crippen molar-refractivity contribution in [1.29, 1.82) is 0 Å². The van der Waals surface area contributed by atoms with Gasteiger partial charge in [0.05, 0.1) is 18.8 Å². The van der Waals surface area contributed by atoms with Crippen molar-refractivity contribution in [3.8, 4) is 17.2 Å². The normalized spacial score (nSPS) is 10.9. The molecule has 32 heavy (non-hydrogen) atoms. The van der Waals surface area contributed by atoms with Crippen molar-refractivity contribution in [2.75, 3.05) is 12.4 Å². The molecule has 0 aliphatic heterocycles. The molecule has 8 nitrogen and oxygen atoms in total. The van der Waals surface area contributed by atoms with Gasteiger partial charge in [-0.3, -0.25) is 10.1 Å². The Morgan fingerprint density at radius 2 is 1.81 bits per heavy atom. The summed E-state index contributed by atoms with van der Waals surface area (Å²) in [7, 11) is 1.62. The zero-order valence-electron chi connectivity index (χ0n) is 16.7. The van der Waals surface area contributed by atoms with E-state index in [9.17, 15) is 4.79 Å². The van der Waals surface area contributed by atoms with E-state index in [1.165, 1.54) is 0 Å². The highest BCUT2D eigenvalue weighted by Gasteiger charge is 2.12. The van der Waals surface area contributed by atoms with E-state index in [1.807, 2.05) is 24.3 Å². The van der Waals surface area contributed by atoms with Gasteiger partial charge in [-0.2, -0.15) is 8.75 Å². The number of methoxy groups -OCH3 is 1. The van der Waals surface area contributed by atoms with Crippen LogP contribution < -0.4 is 15.4 Å². The molecule has 0 spiro atoms. The average molecular weight is 462 g/mol. The van der Waals surface area contributed by atoms with Gasteiger partial charge in [-0.25, -0.2) is 4.98 Å². The number of thiocarbonyl (C=S) groups is 1. The van der Waals surface area contributed by atoms with E-state index in [4.69, 9.17) is 21.4 Å². The van der Waals surface area contributed by atoms with Crippen LogP contribution in [0.25, 0.3) is 33.6 Å². The van der Waals surface area contributed by atoms with E-state index >= 15 is 0 Å². The summed E-state index contributed by atoms with van der Waals surface area (Å²) >= 11 is 6.40. The zero-order chi connectivity index (χ0) is 22.1. The molecule has 0 radical (unpaired) electrons. The van der Waals surface area contributed by atoms with Crippen LogP contribution in [0.15, 0.2) is 65.1 Å². The van der Waals surface area contributed by atoms with Crippen LogP contribution in [0.5, 0.6) is 5.75 Å². The number of hydrogen-bond acceptors (Lipinski definition) is 8. The number of nitrogens with one attached hydrogen (secondary N) is 2. The van der Waals surface area contributed by atoms with Crippen molar-refractivity contribution in [2.24, 2.45) is 0 Å². The SMILES string of the molecule is COc1ccc(-c2nc3cc(NC(=S)NC(=O)c4ccc5nsnc5c4)ccc3o2)cc1. The second-order valence-electron chi connectivity index (χ2n) is 6.81. The first-order valence-electron chi connectivity index (χ1n) is 9.49. The molecule has 0 atom stereocenters. The number of benzene rings is 3. The third-order valence-corrected chi connectivity index (χ3v) is 5.49. The molecule has 0 saturated carbocycles. The van der Waals surface area contributed by atoms with Crippen molar-refractivity contribution in [3.63, 3.8) is 0 Å². The highest BCUT2D eigenvalue weighted by atomic mass is 32.1. The van der Waals surface area contributed by atoms with E-state index in [0.29, 0.717) is 33.8 Å². The Labute approximate surface area is 191 Å². The van der Waals surface area contributed by atoms with Gasteiger partial charge >= 0.3 is 0 Å². The Bertz CT molecular complexity index is 1460. The Balaban J connectivity index is 1.29. The van der Waals surface area contributed by atoms with Crippen LogP contribution in [0.4, 0.5) is 5.69 Å². The van der Waals surface area contributed by atoms with Crippen molar-refractivity contribution in [1.82, 2.24) is 19.0 Å². The average Bonchev–Trinajstić information content (AvgIpc) is 3.45. The summed E-state index contributed by atoms with van der Waals surface area (Å²) in [6.07, 6.45) is 0. The van der Waals surface area contributed by atoms with Crippen LogP contribution in [0.2, 0.25) is 0 Å². The van der Waals surface area contributed by atoms with Gasteiger partial charge in [0, 0.05) is 16.8 Å². The lowest BCUT2D eigenvalue weighted by atomic mass is 10.2. The summed E-state index contributed by atoms with van der Waals surface area (Å²) in [6, 6.07) is 18.0. The molecule has 5 rings (SSSR count). The molecular weight excluding hydrogens is 446 g/mol. The second-order valence-corrected chi connectivity index (χ2v) is 7.74. The minimum absolute atomic E-state index is 0.171. The Kier molecular flexibility index (Phi) is 5.21. The van der Waals surface area contributed by atoms with Gasteiger partial charge in [-0.15, -0.1) is 0 Å². The van der Waals surface area contributed by atoms with Crippen LogP contribution in [0.3, 0.4) is 0 Å². The predicted octanol–water partition coefficient (Wildman–Crippen LogP) is 4.63. The number of oxazole rings is 1. The van der Waals surface area contributed by atoms with E-state index in [-0.39, 0.29) is 11.0 Å². The van der Waals surface area contributed by atoms with Crippen LogP contribution >= 0.6 is 23.9 Å². The number of anilines is 1. The molecule has 0 fully saturated rings. The van der Waals surface area contributed by atoms with Gasteiger partial charge in [-0.05, 0) is 72.9 Å². The first kappa shape index (κ1) is 20.0. The Hall–Kier alpha value is -3.89. The quantitative estimate of drug-likeness (QED) is 0.373. The third kappa shape index (κ3) is 4.01. The summed E-state index contributed by atoms with van der Waals surface area (Å²) in [6.45, 7) is 0. The number of aromatic nitrogens is 3. The topological polar surface area (TPSA) is 102 Å². The van der Waals surface area contributed by atoms with Gasteiger partial charge in [0.15, 0.2) is 10.7 Å². The Morgan fingerprint density at radius 1 is 1.00 bits per heavy atom. The summed E-state index contributed by atoms with van der Waals surface area (Å²) in [5, 5.41) is 5.85. The summed E-state index contributed by atoms with van der Waals surface area (Å²) < 4.78 is 19.3. The van der Waals surface area contributed by atoms with Crippen molar-refractivity contribution in [3.05, 3.63) is 66.2 Å². The third-order valence-electron chi connectivity index (χ3n) is 4.73. The standard InChI is InChI=1S/C22H15N5O3S2/c1-29-15-6-2-12(3-7-15)21-24-18-11-14(5-9-19(18)30-21)23-22(31)25-20(28)13-4-8-16-17(10-13)27-32-26-16/h2-11H,1H3,(H2,23,25,28,31). The van der Waals surface area contributed by atoms with E-state index in [0.717, 1.165) is 28.6 Å². The number of carbonyl (C=O) groups excluding carboxylic acids is 1. The predicted molar refractivity (Wildman–Crippen MR) is 127 cm³/mol. The molecule has 0 bridgehead atoms. The molecule has 2 N–H and O–H groups in total. The maximum Gasteiger partial charge on any atom is 0.257 e. The van der Waals surface area contributed by atoms with Gasteiger partial charge in [-0.1, -0.05) is 0 Å². The van der Waals surface area contributed by atoms with Gasteiger partial charge in [0.2, 0.25) is 5.89 Å². The number of hydrogen-bond donors (Lipinski definition) is 2. The van der Waals surface area contributed by atoms with Gasteiger partial charge < -0.3 is 14.5 Å². The fourth-order valence-corrected chi connectivity index (χ4v) is 3.85. The van der Waals surface area contributed by atoms with Crippen LogP contribution in [-0.2, 0) is 0 Å². The van der Waals surface area contributed by atoms with Crippen LogP contribution in [0, 0.1) is 0 Å². The lowest BCUT2D eigenvalue weighted by Gasteiger charge is -2.09. The first-order valence-corrected chi connectivity index (χ1v) is 10.6. The van der Waals surface area contributed by atoms with Crippen molar-refractivity contribution < 1.29 is 13.9 Å². The molecular formula is C22H15N5O3S2. The monoisotopic (exact) mass is 461 g/mol. The second kappa shape index (κ2) is 8.33. The van der Waals surface area contributed by atoms with Crippen LogP contribution in [0.1, 0.15) is 10.4 Å². The number of ether oxygens (including phenoxy) is 1. The molecule has 158 valence electrons. The largest absolute Gasteiger partial charge is 0.497 e. The van der Waals surface area contributed by atoms with E-state index in [1.54, 1.807) is 43.5 Å². The van der Waals surface area contributed by atoms with Crippen LogP contribution in [-0.4, -0.2) is 31.9 Å². The molecule has 5 aromatic rings. The van der Waals surface area contributed by atoms with Gasteiger partial charge in [0.25, 0.3) is 5.91 Å². The summed E-state index contributed by atoms with van der Waals surface area (Å²) in [5.74, 6) is 0.930. The minimum atomic E-state index is -0.332. The number of fused-ring (bicyclic) bond motifs is 2. The lowest BCUT2D eigenvalue weighted by Crippen LogP contribution is -2.34. The number of carbonyl (C=O) groups is 1. The maximum atomic E-state index is 12.5. The lowest BCUT2D eigenvalue weighted by molar-refractivity contribution is 0.0978. The number of rotatable bonds is 4. The highest BCUT2D eigenvalue weighted by Crippen LogP contribution is 2.27. The fraction of sp³-hybridized carbons (Fsp3) is 0.0455. The van der Waals surface area contributed by atoms with Crippen molar-refractivity contribution >= 4 is 62.8 Å². The molecule has 3 aromatic carbocycles. The first-order chi connectivity index (χ1) is 15.6. The fourth-order valence-electron chi connectivity index (χ4n) is 3.12. The number of nitrogens with zero attached hydrogens (tertiary/aromatic N) is 3. The molecule has 0 unspecified atom stereocenters.